The number of rotatable bonds is 6. The van der Waals surface area contributed by atoms with E-state index in [2.05, 4.69) is 16.0 Å². The van der Waals surface area contributed by atoms with E-state index in [0.29, 0.717) is 28.5 Å². The Morgan fingerprint density at radius 3 is 2.73 bits per heavy atom. The van der Waals surface area contributed by atoms with Crippen LogP contribution < -0.4 is 0 Å². The number of aromatic nitrogens is 2. The van der Waals surface area contributed by atoms with Crippen LogP contribution in [0.1, 0.15) is 21.8 Å². The van der Waals surface area contributed by atoms with Crippen molar-refractivity contribution in [2.24, 2.45) is 0 Å². The number of benzene rings is 1. The lowest BCUT2D eigenvalue weighted by Gasteiger charge is -2.20. The van der Waals surface area contributed by atoms with E-state index < -0.39 is 0 Å². The van der Waals surface area contributed by atoms with Crippen molar-refractivity contribution in [3.63, 3.8) is 0 Å². The van der Waals surface area contributed by atoms with Crippen molar-refractivity contribution in [1.29, 1.82) is 5.26 Å². The summed E-state index contributed by atoms with van der Waals surface area (Å²) in [6.45, 7) is 0.590. The summed E-state index contributed by atoms with van der Waals surface area (Å²) in [5, 5.41) is 9.31. The van der Waals surface area contributed by atoms with Crippen LogP contribution in [0.5, 0.6) is 0 Å². The van der Waals surface area contributed by atoms with Crippen LogP contribution in [0.25, 0.3) is 10.6 Å². The summed E-state index contributed by atoms with van der Waals surface area (Å²) < 4.78 is 13.9. The minimum absolute atomic E-state index is 0.220. The Bertz CT molecular complexity index is 936. The predicted octanol–water partition coefficient (Wildman–Crippen LogP) is 3.90. The zero-order valence-electron chi connectivity index (χ0n) is 13.8. The number of hydrogen-bond acceptors (Lipinski definition) is 5. The lowest BCUT2D eigenvalue weighted by atomic mass is 10.2. The maximum absolute atomic E-state index is 13.9. The predicted molar refractivity (Wildman–Crippen MR) is 96.7 cm³/mol. The van der Waals surface area contributed by atoms with E-state index in [1.165, 1.54) is 12.3 Å². The van der Waals surface area contributed by atoms with Gasteiger partial charge in [0.1, 0.15) is 15.7 Å². The van der Waals surface area contributed by atoms with E-state index in [9.17, 15) is 9.18 Å². The van der Waals surface area contributed by atoms with Crippen molar-refractivity contribution >= 4 is 17.2 Å². The summed E-state index contributed by atoms with van der Waals surface area (Å²) in [5.74, 6) is -0.623. The van der Waals surface area contributed by atoms with Crippen molar-refractivity contribution < 1.29 is 9.18 Å². The van der Waals surface area contributed by atoms with Gasteiger partial charge in [-0.25, -0.2) is 9.37 Å². The Hall–Kier alpha value is -3.11. The molecule has 0 fully saturated rings. The van der Waals surface area contributed by atoms with Crippen LogP contribution in [0.2, 0.25) is 0 Å². The minimum Gasteiger partial charge on any atom is -0.331 e. The van der Waals surface area contributed by atoms with E-state index in [1.807, 2.05) is 12.1 Å². The number of pyridine rings is 1. The minimum atomic E-state index is -0.379. The molecule has 3 rings (SSSR count). The van der Waals surface area contributed by atoms with Gasteiger partial charge < -0.3 is 4.90 Å². The monoisotopic (exact) mass is 366 g/mol. The Balaban J connectivity index is 1.83. The molecule has 3 aromatic rings. The Kier molecular flexibility index (Phi) is 5.66. The topological polar surface area (TPSA) is 69.9 Å². The normalized spacial score (nSPS) is 10.3. The molecule has 0 saturated carbocycles. The first kappa shape index (κ1) is 17.7. The van der Waals surface area contributed by atoms with Crippen LogP contribution in [-0.2, 0) is 6.54 Å². The number of nitriles is 1. The quantitative estimate of drug-likeness (QED) is 0.663. The molecule has 0 atom stereocenters. The maximum Gasteiger partial charge on any atom is 0.265 e. The molecule has 1 aromatic carbocycles. The van der Waals surface area contributed by atoms with Gasteiger partial charge >= 0.3 is 0 Å². The zero-order chi connectivity index (χ0) is 18.4. The van der Waals surface area contributed by atoms with Crippen LogP contribution >= 0.6 is 11.3 Å². The lowest BCUT2D eigenvalue weighted by Crippen LogP contribution is -2.31. The molecule has 1 amide bonds. The Morgan fingerprint density at radius 2 is 2.00 bits per heavy atom. The number of amides is 1. The molecule has 0 radical (unpaired) electrons. The van der Waals surface area contributed by atoms with Crippen molar-refractivity contribution in [2.75, 3.05) is 6.54 Å². The molecule has 0 aliphatic heterocycles. The SMILES string of the molecule is N#CCCN(Cc1ccccn1)C(=O)c1cnc(-c2ccccc2F)s1. The molecule has 0 N–H and O–H groups in total. The molecule has 0 unspecified atom stereocenters. The third-order valence-corrected chi connectivity index (χ3v) is 4.70. The van der Waals surface area contributed by atoms with Crippen LogP contribution in [0.15, 0.2) is 54.9 Å². The molecule has 5 nitrogen and oxygen atoms in total. The fourth-order valence-electron chi connectivity index (χ4n) is 2.41. The number of thiazole rings is 1. The Labute approximate surface area is 154 Å². The molecule has 2 aromatic heterocycles. The smallest absolute Gasteiger partial charge is 0.265 e. The number of nitrogens with zero attached hydrogens (tertiary/aromatic N) is 4. The van der Waals surface area contributed by atoms with Crippen LogP contribution in [-0.4, -0.2) is 27.3 Å². The molecule has 0 spiro atoms. The third kappa shape index (κ3) is 4.10. The summed E-state index contributed by atoms with van der Waals surface area (Å²) in [7, 11) is 0. The highest BCUT2D eigenvalue weighted by Crippen LogP contribution is 2.28. The molecule has 7 heteroatoms. The van der Waals surface area contributed by atoms with Crippen molar-refractivity contribution in [3.05, 3.63) is 71.2 Å². The lowest BCUT2D eigenvalue weighted by molar-refractivity contribution is 0.0749. The highest BCUT2D eigenvalue weighted by Gasteiger charge is 2.20. The molecule has 0 aliphatic carbocycles. The van der Waals surface area contributed by atoms with Gasteiger partial charge in [0.05, 0.1) is 30.9 Å². The average molecular weight is 366 g/mol. The van der Waals surface area contributed by atoms with Gasteiger partial charge in [-0.1, -0.05) is 18.2 Å². The molecule has 0 bridgehead atoms. The average Bonchev–Trinajstić information content (AvgIpc) is 3.15. The summed E-state index contributed by atoms with van der Waals surface area (Å²) in [6, 6.07) is 13.8. The van der Waals surface area contributed by atoms with Gasteiger partial charge in [-0.3, -0.25) is 9.78 Å². The van der Waals surface area contributed by atoms with Gasteiger partial charge in [-0.2, -0.15) is 5.26 Å². The summed E-state index contributed by atoms with van der Waals surface area (Å²) in [6.07, 6.45) is 3.33. The van der Waals surface area contributed by atoms with E-state index in [0.717, 1.165) is 17.0 Å². The summed E-state index contributed by atoms with van der Waals surface area (Å²) in [4.78, 5) is 23.2. The fourth-order valence-corrected chi connectivity index (χ4v) is 3.32. The molecular formula is C19H15FN4OS. The Morgan fingerprint density at radius 1 is 1.19 bits per heavy atom. The van der Waals surface area contributed by atoms with Crippen molar-refractivity contribution in [3.8, 4) is 16.6 Å². The first-order valence-corrected chi connectivity index (χ1v) is 8.77. The second kappa shape index (κ2) is 8.32. The molecule has 0 saturated heterocycles. The van der Waals surface area contributed by atoms with E-state index in [4.69, 9.17) is 5.26 Å². The number of carbonyl (C=O) groups is 1. The zero-order valence-corrected chi connectivity index (χ0v) is 14.6. The molecule has 26 heavy (non-hydrogen) atoms. The van der Waals surface area contributed by atoms with Crippen LogP contribution in [0, 0.1) is 17.1 Å². The summed E-state index contributed by atoms with van der Waals surface area (Å²) in [5.41, 5.74) is 1.10. The second-order valence-corrected chi connectivity index (χ2v) is 6.50. The number of hydrogen-bond donors (Lipinski definition) is 0. The molecule has 130 valence electrons. The van der Waals surface area contributed by atoms with Gasteiger partial charge in [0.2, 0.25) is 0 Å². The van der Waals surface area contributed by atoms with E-state index in [1.54, 1.807) is 35.4 Å². The van der Waals surface area contributed by atoms with Crippen LogP contribution in [0.3, 0.4) is 0 Å². The maximum atomic E-state index is 13.9. The summed E-state index contributed by atoms with van der Waals surface area (Å²) >= 11 is 1.13. The molecule has 2 heterocycles. The van der Waals surface area contributed by atoms with Gasteiger partial charge in [0.25, 0.3) is 5.91 Å². The molecular weight excluding hydrogens is 351 g/mol. The van der Waals surface area contributed by atoms with E-state index >= 15 is 0 Å². The van der Waals surface area contributed by atoms with Crippen molar-refractivity contribution in [2.45, 2.75) is 13.0 Å². The number of carbonyl (C=O) groups excluding carboxylic acids is 1. The standard InChI is InChI=1S/C19H15FN4OS/c20-16-8-2-1-7-15(16)18-23-12-17(26-18)19(25)24(11-5-9-21)13-14-6-3-4-10-22-14/h1-4,6-8,10,12H,5,11,13H2. The fraction of sp³-hybridized carbons (Fsp3) is 0.158. The van der Waals surface area contributed by atoms with Gasteiger partial charge in [0.15, 0.2) is 0 Å². The second-order valence-electron chi connectivity index (χ2n) is 5.47. The third-order valence-electron chi connectivity index (χ3n) is 3.68. The van der Waals surface area contributed by atoms with Gasteiger partial charge in [-0.05, 0) is 24.3 Å². The van der Waals surface area contributed by atoms with Gasteiger partial charge in [0, 0.05) is 18.3 Å². The first-order valence-electron chi connectivity index (χ1n) is 7.96. The molecule has 0 aliphatic rings. The number of halogens is 1. The van der Waals surface area contributed by atoms with Gasteiger partial charge in [-0.15, -0.1) is 11.3 Å². The van der Waals surface area contributed by atoms with Crippen molar-refractivity contribution in [1.82, 2.24) is 14.9 Å². The highest BCUT2D eigenvalue weighted by molar-refractivity contribution is 7.16. The highest BCUT2D eigenvalue weighted by atomic mass is 32.1. The first-order chi connectivity index (χ1) is 12.7. The largest absolute Gasteiger partial charge is 0.331 e. The van der Waals surface area contributed by atoms with Crippen LogP contribution in [0.4, 0.5) is 4.39 Å². The van der Waals surface area contributed by atoms with E-state index in [-0.39, 0.29) is 18.1 Å².